The molecule has 0 rings (SSSR count). The first-order valence-corrected chi connectivity index (χ1v) is 31.4. The number of ether oxygens (including phenoxy) is 3. The zero-order valence-electron chi connectivity index (χ0n) is 48.4. The summed E-state index contributed by atoms with van der Waals surface area (Å²) in [6.07, 6.45) is 79.0. The topological polar surface area (TPSA) is 78.9 Å². The van der Waals surface area contributed by atoms with Gasteiger partial charge in [0.15, 0.2) is 6.10 Å². The summed E-state index contributed by atoms with van der Waals surface area (Å²) in [5, 5.41) is 0. The lowest BCUT2D eigenvalue weighted by Crippen LogP contribution is -2.30. The Bertz CT molecular complexity index is 1360. The highest BCUT2D eigenvalue weighted by atomic mass is 16.6. The fourth-order valence-electron chi connectivity index (χ4n) is 9.00. The maximum Gasteiger partial charge on any atom is 0.306 e. The smallest absolute Gasteiger partial charge is 0.306 e. The minimum Gasteiger partial charge on any atom is -0.462 e. The summed E-state index contributed by atoms with van der Waals surface area (Å²) < 4.78 is 16.9. The molecule has 0 aliphatic rings. The van der Waals surface area contributed by atoms with Gasteiger partial charge in [0.1, 0.15) is 13.2 Å². The van der Waals surface area contributed by atoms with Gasteiger partial charge in [0, 0.05) is 19.3 Å². The number of allylic oxidation sites excluding steroid dienone is 12. The van der Waals surface area contributed by atoms with Gasteiger partial charge in [0.25, 0.3) is 0 Å². The number of unbranched alkanes of at least 4 members (excludes halogenated alkanes) is 34. The van der Waals surface area contributed by atoms with Gasteiger partial charge in [-0.1, -0.05) is 280 Å². The zero-order valence-corrected chi connectivity index (χ0v) is 48.4. The Morgan fingerprint density at radius 2 is 0.534 bits per heavy atom. The molecular formula is C67H118O6. The van der Waals surface area contributed by atoms with E-state index in [-0.39, 0.29) is 31.1 Å². The Labute approximate surface area is 453 Å². The summed E-state index contributed by atoms with van der Waals surface area (Å²) in [5.74, 6) is -0.895. The van der Waals surface area contributed by atoms with Crippen molar-refractivity contribution in [2.75, 3.05) is 13.2 Å². The van der Waals surface area contributed by atoms with E-state index in [1.54, 1.807) is 0 Å². The molecule has 6 heteroatoms. The van der Waals surface area contributed by atoms with Crippen LogP contribution in [0.4, 0.5) is 0 Å². The van der Waals surface area contributed by atoms with Crippen molar-refractivity contribution in [1.29, 1.82) is 0 Å². The minimum atomic E-state index is -0.787. The van der Waals surface area contributed by atoms with E-state index in [2.05, 4.69) is 93.7 Å². The van der Waals surface area contributed by atoms with Crippen LogP contribution in [0.25, 0.3) is 0 Å². The first kappa shape index (κ1) is 69.8. The Balaban J connectivity index is 4.39. The van der Waals surface area contributed by atoms with Crippen LogP contribution in [-0.4, -0.2) is 37.2 Å². The Morgan fingerprint density at radius 1 is 0.288 bits per heavy atom. The van der Waals surface area contributed by atoms with Crippen molar-refractivity contribution >= 4 is 17.9 Å². The summed E-state index contributed by atoms with van der Waals surface area (Å²) >= 11 is 0. The van der Waals surface area contributed by atoms with Crippen molar-refractivity contribution in [1.82, 2.24) is 0 Å². The van der Waals surface area contributed by atoms with Crippen molar-refractivity contribution < 1.29 is 28.6 Å². The van der Waals surface area contributed by atoms with E-state index in [9.17, 15) is 14.4 Å². The number of carbonyl (C=O) groups is 3. The second-order valence-electron chi connectivity index (χ2n) is 20.9. The molecule has 1 atom stereocenters. The van der Waals surface area contributed by atoms with Crippen molar-refractivity contribution in [3.05, 3.63) is 72.9 Å². The van der Waals surface area contributed by atoms with Gasteiger partial charge in [-0.2, -0.15) is 0 Å². The lowest BCUT2D eigenvalue weighted by molar-refractivity contribution is -0.167. The number of hydrogen-bond donors (Lipinski definition) is 0. The standard InChI is InChI=1S/C67H118O6/c1-4-7-10-13-16-19-22-25-28-31-33-36-39-42-45-48-51-54-57-60-66(69)72-63-64(62-71-65(68)59-56-53-50-47-44-41-38-35-30-27-24-21-18-15-12-9-6-3)73-67(70)61-58-55-52-49-46-43-40-37-34-32-29-26-23-20-17-14-11-8-5-2/h9,12,16,18-19,21,25,27-28,30,38,41,64H,4-8,10-11,13-15,17,20,22-24,26,29,31-37,39-40,42-63H2,1-3H3/b12-9-,19-16-,21-18-,28-25-,30-27-,41-38-. The van der Waals surface area contributed by atoms with Crippen LogP contribution in [0.1, 0.15) is 316 Å². The maximum absolute atomic E-state index is 12.9. The van der Waals surface area contributed by atoms with E-state index in [1.807, 2.05) is 0 Å². The van der Waals surface area contributed by atoms with Crippen molar-refractivity contribution in [3.8, 4) is 0 Å². The van der Waals surface area contributed by atoms with Crippen LogP contribution in [0.3, 0.4) is 0 Å². The van der Waals surface area contributed by atoms with Crippen LogP contribution in [0, 0.1) is 0 Å². The monoisotopic (exact) mass is 1020 g/mol. The molecule has 0 heterocycles. The predicted molar refractivity (Wildman–Crippen MR) is 316 cm³/mol. The molecule has 0 fully saturated rings. The molecule has 0 bridgehead atoms. The molecule has 0 saturated heterocycles. The van der Waals surface area contributed by atoms with E-state index in [0.29, 0.717) is 19.3 Å². The second kappa shape index (κ2) is 61.4. The molecule has 0 aromatic heterocycles. The van der Waals surface area contributed by atoms with Crippen LogP contribution < -0.4 is 0 Å². The minimum absolute atomic E-state index is 0.0830. The lowest BCUT2D eigenvalue weighted by Gasteiger charge is -2.18. The molecule has 73 heavy (non-hydrogen) atoms. The number of carbonyl (C=O) groups excluding carboxylic acids is 3. The quantitative estimate of drug-likeness (QED) is 0.0261. The summed E-state index contributed by atoms with van der Waals surface area (Å²) in [6.45, 7) is 6.52. The fraction of sp³-hybridized carbons (Fsp3) is 0.776. The average molecular weight is 1020 g/mol. The van der Waals surface area contributed by atoms with Crippen molar-refractivity contribution in [2.45, 2.75) is 322 Å². The van der Waals surface area contributed by atoms with Gasteiger partial charge in [-0.25, -0.2) is 0 Å². The third-order valence-corrected chi connectivity index (χ3v) is 13.7. The normalized spacial score (nSPS) is 12.5. The molecule has 6 nitrogen and oxygen atoms in total. The Kier molecular flexibility index (Phi) is 58.7. The van der Waals surface area contributed by atoms with Crippen molar-refractivity contribution in [3.63, 3.8) is 0 Å². The predicted octanol–water partition coefficient (Wildman–Crippen LogP) is 21.3. The summed E-state index contributed by atoms with van der Waals surface area (Å²) in [6, 6.07) is 0. The highest BCUT2D eigenvalue weighted by Crippen LogP contribution is 2.17. The van der Waals surface area contributed by atoms with Crippen LogP contribution >= 0.6 is 0 Å². The lowest BCUT2D eigenvalue weighted by atomic mass is 10.0. The van der Waals surface area contributed by atoms with Gasteiger partial charge in [-0.15, -0.1) is 0 Å². The third-order valence-electron chi connectivity index (χ3n) is 13.7. The number of esters is 3. The average Bonchev–Trinajstić information content (AvgIpc) is 3.39. The molecule has 0 saturated carbocycles. The van der Waals surface area contributed by atoms with Crippen LogP contribution in [0.15, 0.2) is 72.9 Å². The fourth-order valence-corrected chi connectivity index (χ4v) is 9.00. The first-order valence-electron chi connectivity index (χ1n) is 31.4. The maximum atomic E-state index is 12.9. The molecule has 0 aromatic rings. The molecule has 0 amide bonds. The van der Waals surface area contributed by atoms with E-state index in [0.717, 1.165) is 103 Å². The highest BCUT2D eigenvalue weighted by Gasteiger charge is 2.19. The van der Waals surface area contributed by atoms with Gasteiger partial charge in [-0.05, 0) is 89.9 Å². The largest absolute Gasteiger partial charge is 0.462 e. The SMILES string of the molecule is CC/C=C\C/C=C\C/C=C\C/C=C\CCCCCCC(=O)OCC(COC(=O)CCCCCCCCCCC/C=C\C/C=C\CCCCC)OC(=O)CCCCCCCCCCCCCCCCCCCCC. The Morgan fingerprint density at radius 3 is 0.863 bits per heavy atom. The van der Waals surface area contributed by atoms with E-state index >= 15 is 0 Å². The third kappa shape index (κ3) is 59.6. The van der Waals surface area contributed by atoms with Gasteiger partial charge >= 0.3 is 17.9 Å². The highest BCUT2D eigenvalue weighted by molar-refractivity contribution is 5.71. The molecule has 0 N–H and O–H groups in total. The van der Waals surface area contributed by atoms with Gasteiger partial charge in [0.2, 0.25) is 0 Å². The first-order chi connectivity index (χ1) is 36.0. The van der Waals surface area contributed by atoms with Crippen molar-refractivity contribution in [2.24, 2.45) is 0 Å². The van der Waals surface area contributed by atoms with Crippen LogP contribution in [0.2, 0.25) is 0 Å². The Hall–Kier alpha value is -3.15. The molecule has 0 spiro atoms. The molecule has 422 valence electrons. The van der Waals surface area contributed by atoms with Crippen LogP contribution in [-0.2, 0) is 28.6 Å². The van der Waals surface area contributed by atoms with E-state index in [1.165, 1.54) is 173 Å². The summed E-state index contributed by atoms with van der Waals surface area (Å²) in [7, 11) is 0. The summed E-state index contributed by atoms with van der Waals surface area (Å²) in [4.78, 5) is 38.3. The molecular weight excluding hydrogens is 901 g/mol. The van der Waals surface area contributed by atoms with E-state index < -0.39 is 6.10 Å². The van der Waals surface area contributed by atoms with Gasteiger partial charge in [0.05, 0.1) is 0 Å². The van der Waals surface area contributed by atoms with Crippen LogP contribution in [0.5, 0.6) is 0 Å². The molecule has 0 radical (unpaired) electrons. The van der Waals surface area contributed by atoms with Gasteiger partial charge in [-0.3, -0.25) is 14.4 Å². The summed E-state index contributed by atoms with van der Waals surface area (Å²) in [5.41, 5.74) is 0. The number of hydrogen-bond acceptors (Lipinski definition) is 6. The molecule has 0 aliphatic carbocycles. The second-order valence-corrected chi connectivity index (χ2v) is 20.9. The molecule has 1 unspecified atom stereocenters. The molecule has 0 aliphatic heterocycles. The van der Waals surface area contributed by atoms with Gasteiger partial charge < -0.3 is 14.2 Å². The molecule has 0 aromatic carbocycles. The zero-order chi connectivity index (χ0) is 52.9. The number of rotatable bonds is 57. The van der Waals surface area contributed by atoms with E-state index in [4.69, 9.17) is 14.2 Å².